The molecule has 168 valence electrons. The van der Waals surface area contributed by atoms with Gasteiger partial charge in [-0.3, -0.25) is 9.59 Å². The summed E-state index contributed by atoms with van der Waals surface area (Å²) in [5, 5.41) is 3.21. The zero-order valence-electron chi connectivity index (χ0n) is 18.5. The number of fused-ring (bicyclic) bond motifs is 3. The second-order valence-electron chi connectivity index (χ2n) is 9.33. The van der Waals surface area contributed by atoms with Crippen LogP contribution in [0, 0.1) is 12.7 Å². The molecule has 1 N–H and O–H groups in total. The molecule has 1 aliphatic carbocycles. The van der Waals surface area contributed by atoms with Gasteiger partial charge in [-0.25, -0.2) is 4.39 Å². The number of hydrogen-bond acceptors (Lipinski definition) is 3. The number of halogens is 1. The summed E-state index contributed by atoms with van der Waals surface area (Å²) in [6.07, 6.45) is 5.31. The van der Waals surface area contributed by atoms with E-state index in [4.69, 9.17) is 4.42 Å². The highest BCUT2D eigenvalue weighted by molar-refractivity contribution is 6.03. The third kappa shape index (κ3) is 3.49. The minimum absolute atomic E-state index is 0.126. The molecule has 0 bridgehead atoms. The molecule has 1 saturated carbocycles. The Labute approximate surface area is 186 Å². The molecule has 3 aromatic rings. The van der Waals surface area contributed by atoms with Crippen LogP contribution in [-0.4, -0.2) is 32.9 Å². The topological polar surface area (TPSA) is 67.5 Å². The molecule has 0 unspecified atom stereocenters. The highest BCUT2D eigenvalue weighted by Gasteiger charge is 2.48. The van der Waals surface area contributed by atoms with Crippen molar-refractivity contribution < 1.29 is 18.4 Å². The Balaban J connectivity index is 1.54. The Morgan fingerprint density at radius 3 is 2.75 bits per heavy atom. The molecule has 1 aromatic carbocycles. The standard InChI is InChI=1S/C25H28FN3O3/c1-16-11-20-22(32-16)13-21-23(30)29(14-17-7-6-8-18(26)12-17)25(2,15-28(20)21)24(31)27-19-9-4-3-5-10-19/h6-8,11-13,19H,3-5,9-10,14-15H2,1-2H3,(H,27,31)/t25-/m1/s1. The van der Waals surface area contributed by atoms with Crippen LogP contribution in [0.3, 0.4) is 0 Å². The Morgan fingerprint density at radius 1 is 1.22 bits per heavy atom. The first-order chi connectivity index (χ1) is 15.3. The average molecular weight is 438 g/mol. The minimum Gasteiger partial charge on any atom is -0.460 e. The van der Waals surface area contributed by atoms with Crippen LogP contribution in [0.4, 0.5) is 4.39 Å². The van der Waals surface area contributed by atoms with Crippen LogP contribution in [0.25, 0.3) is 11.1 Å². The van der Waals surface area contributed by atoms with Crippen molar-refractivity contribution in [2.45, 2.75) is 70.6 Å². The maximum Gasteiger partial charge on any atom is 0.271 e. The number of amides is 2. The first-order valence-corrected chi connectivity index (χ1v) is 11.3. The van der Waals surface area contributed by atoms with Crippen molar-refractivity contribution in [3.05, 3.63) is 59.2 Å². The fourth-order valence-electron chi connectivity index (χ4n) is 5.11. The zero-order chi connectivity index (χ0) is 22.5. The van der Waals surface area contributed by atoms with Gasteiger partial charge in [-0.2, -0.15) is 0 Å². The summed E-state index contributed by atoms with van der Waals surface area (Å²) in [6.45, 7) is 4.13. The maximum atomic E-state index is 13.9. The molecule has 2 aromatic heterocycles. The van der Waals surface area contributed by atoms with Crippen molar-refractivity contribution in [1.82, 2.24) is 14.8 Å². The summed E-state index contributed by atoms with van der Waals surface area (Å²) in [5.41, 5.74) is 1.46. The van der Waals surface area contributed by atoms with Gasteiger partial charge in [0.2, 0.25) is 5.91 Å². The van der Waals surface area contributed by atoms with E-state index in [0.29, 0.717) is 23.4 Å². The lowest BCUT2D eigenvalue weighted by molar-refractivity contribution is -0.134. The lowest BCUT2D eigenvalue weighted by atomic mass is 9.91. The smallest absolute Gasteiger partial charge is 0.271 e. The van der Waals surface area contributed by atoms with Crippen LogP contribution >= 0.6 is 0 Å². The number of nitrogens with zero attached hydrogens (tertiary/aromatic N) is 2. The molecular weight excluding hydrogens is 409 g/mol. The van der Waals surface area contributed by atoms with Crippen molar-refractivity contribution in [1.29, 1.82) is 0 Å². The molecule has 7 heteroatoms. The van der Waals surface area contributed by atoms with E-state index in [1.807, 2.05) is 24.5 Å². The molecule has 1 atom stereocenters. The van der Waals surface area contributed by atoms with Crippen molar-refractivity contribution in [2.24, 2.45) is 0 Å². The molecule has 0 spiro atoms. The van der Waals surface area contributed by atoms with Crippen molar-refractivity contribution >= 4 is 22.9 Å². The lowest BCUT2D eigenvalue weighted by Gasteiger charge is -2.44. The number of aromatic nitrogens is 1. The summed E-state index contributed by atoms with van der Waals surface area (Å²) >= 11 is 0. The van der Waals surface area contributed by atoms with Crippen LogP contribution in [0.15, 0.2) is 40.8 Å². The van der Waals surface area contributed by atoms with E-state index >= 15 is 0 Å². The highest BCUT2D eigenvalue weighted by atomic mass is 19.1. The second kappa shape index (κ2) is 7.80. The number of benzene rings is 1. The van der Waals surface area contributed by atoms with Gasteiger partial charge in [0.1, 0.15) is 22.8 Å². The summed E-state index contributed by atoms with van der Waals surface area (Å²) in [5.74, 6) is -0.0299. The van der Waals surface area contributed by atoms with Crippen LogP contribution < -0.4 is 5.32 Å². The first-order valence-electron chi connectivity index (χ1n) is 11.3. The number of nitrogens with one attached hydrogen (secondary N) is 1. The Hall–Kier alpha value is -3.09. The number of rotatable bonds is 4. The van der Waals surface area contributed by atoms with Crippen molar-refractivity contribution in [3.63, 3.8) is 0 Å². The van der Waals surface area contributed by atoms with E-state index in [2.05, 4.69) is 5.32 Å². The summed E-state index contributed by atoms with van der Waals surface area (Å²) in [6, 6.07) is 9.95. The Bertz CT molecular complexity index is 1190. The fourth-order valence-corrected chi connectivity index (χ4v) is 5.11. The average Bonchev–Trinajstić information content (AvgIpc) is 3.28. The van der Waals surface area contributed by atoms with Crippen molar-refractivity contribution in [2.75, 3.05) is 0 Å². The second-order valence-corrected chi connectivity index (χ2v) is 9.33. The third-order valence-electron chi connectivity index (χ3n) is 6.90. The van der Waals surface area contributed by atoms with Gasteiger partial charge in [-0.15, -0.1) is 0 Å². The molecule has 0 radical (unpaired) electrons. The molecule has 6 nitrogen and oxygen atoms in total. The lowest BCUT2D eigenvalue weighted by Crippen LogP contribution is -2.64. The number of hydrogen-bond donors (Lipinski definition) is 1. The van der Waals surface area contributed by atoms with Gasteiger partial charge in [-0.05, 0) is 44.4 Å². The van der Waals surface area contributed by atoms with Crippen LogP contribution in [0.2, 0.25) is 0 Å². The molecule has 0 saturated heterocycles. The minimum atomic E-state index is -1.12. The summed E-state index contributed by atoms with van der Waals surface area (Å²) < 4.78 is 21.5. The van der Waals surface area contributed by atoms with E-state index in [1.54, 1.807) is 23.1 Å². The summed E-state index contributed by atoms with van der Waals surface area (Å²) in [4.78, 5) is 28.9. The fraction of sp³-hybridized carbons (Fsp3) is 0.440. The van der Waals surface area contributed by atoms with Gasteiger partial charge < -0.3 is 19.2 Å². The molecular formula is C25H28FN3O3. The van der Waals surface area contributed by atoms with Crippen LogP contribution in [0.1, 0.15) is 60.8 Å². The Kier molecular flexibility index (Phi) is 5.07. The number of carbonyl (C=O) groups excluding carboxylic acids is 2. The third-order valence-corrected chi connectivity index (χ3v) is 6.90. The molecule has 1 aliphatic heterocycles. The molecule has 2 amide bonds. The normalized spacial score (nSPS) is 21.7. The maximum absolute atomic E-state index is 13.9. The van der Waals surface area contributed by atoms with Gasteiger partial charge in [0, 0.05) is 24.7 Å². The van der Waals surface area contributed by atoms with E-state index in [-0.39, 0.29) is 30.2 Å². The molecule has 32 heavy (non-hydrogen) atoms. The van der Waals surface area contributed by atoms with E-state index in [0.717, 1.165) is 37.0 Å². The number of furan rings is 1. The van der Waals surface area contributed by atoms with Crippen LogP contribution in [0.5, 0.6) is 0 Å². The Morgan fingerprint density at radius 2 is 2.00 bits per heavy atom. The largest absolute Gasteiger partial charge is 0.460 e. The van der Waals surface area contributed by atoms with Gasteiger partial charge >= 0.3 is 0 Å². The number of aryl methyl sites for hydroxylation is 1. The van der Waals surface area contributed by atoms with E-state index in [1.165, 1.54) is 18.6 Å². The van der Waals surface area contributed by atoms with E-state index < -0.39 is 5.54 Å². The first kappa shape index (κ1) is 20.8. The highest BCUT2D eigenvalue weighted by Crippen LogP contribution is 2.35. The molecule has 1 fully saturated rings. The van der Waals surface area contributed by atoms with Crippen LogP contribution in [-0.2, 0) is 17.9 Å². The predicted octanol–water partition coefficient (Wildman–Crippen LogP) is 4.55. The number of carbonyl (C=O) groups is 2. The summed E-state index contributed by atoms with van der Waals surface area (Å²) in [7, 11) is 0. The zero-order valence-corrected chi connectivity index (χ0v) is 18.5. The quantitative estimate of drug-likeness (QED) is 0.651. The molecule has 3 heterocycles. The van der Waals surface area contributed by atoms with Crippen molar-refractivity contribution in [3.8, 4) is 0 Å². The molecule has 2 aliphatic rings. The molecule has 5 rings (SSSR count). The van der Waals surface area contributed by atoms with Gasteiger partial charge in [0.25, 0.3) is 5.91 Å². The SMILES string of the molecule is Cc1cc2c(cc3n2C[C@](C)(C(=O)NC2CCCCC2)N(Cc2cccc(F)c2)C3=O)o1. The van der Waals surface area contributed by atoms with Gasteiger partial charge in [0.05, 0.1) is 12.1 Å². The van der Waals surface area contributed by atoms with E-state index in [9.17, 15) is 14.0 Å². The van der Waals surface area contributed by atoms with Gasteiger partial charge in [-0.1, -0.05) is 31.4 Å². The van der Waals surface area contributed by atoms with Gasteiger partial charge in [0.15, 0.2) is 5.58 Å². The monoisotopic (exact) mass is 437 g/mol. The predicted molar refractivity (Wildman–Crippen MR) is 119 cm³/mol.